The number of nitrogens with two attached hydrogens (primary N) is 1. The minimum absolute atomic E-state index is 0.188. The highest BCUT2D eigenvalue weighted by molar-refractivity contribution is 5.72. The Morgan fingerprint density at radius 3 is 2.62 bits per heavy atom. The van der Waals surface area contributed by atoms with E-state index in [1.807, 2.05) is 0 Å². The third-order valence-electron chi connectivity index (χ3n) is 4.59. The number of nitrogen functional groups attached to an aromatic ring is 1. The zero-order valence-corrected chi connectivity index (χ0v) is 15.1. The van der Waals surface area contributed by atoms with E-state index in [9.17, 15) is 5.11 Å². The highest BCUT2D eigenvalue weighted by atomic mass is 16.3. The molecule has 1 fully saturated rings. The molecule has 8 heteroatoms. The van der Waals surface area contributed by atoms with E-state index in [4.69, 9.17) is 5.73 Å². The van der Waals surface area contributed by atoms with Crippen molar-refractivity contribution in [1.29, 1.82) is 0 Å². The van der Waals surface area contributed by atoms with Crippen LogP contribution in [0, 0.1) is 0 Å². The first kappa shape index (κ1) is 18.3. The normalized spacial score (nSPS) is 19.9. The number of rotatable bonds is 7. The van der Waals surface area contributed by atoms with Gasteiger partial charge in [0, 0.05) is 18.8 Å². The molecule has 3 rings (SSSR count). The molecule has 1 aliphatic carbocycles. The first-order chi connectivity index (χ1) is 12.7. The molecule has 1 saturated carbocycles. The number of hydrogen-bond acceptors (Lipinski definition) is 8. The molecule has 2 aromatic heterocycles. The van der Waals surface area contributed by atoms with E-state index in [1.165, 1.54) is 6.20 Å². The van der Waals surface area contributed by atoms with Gasteiger partial charge in [-0.05, 0) is 32.1 Å². The Hall–Kier alpha value is -2.48. The molecule has 0 atom stereocenters. The lowest BCUT2D eigenvalue weighted by molar-refractivity contribution is 0.126. The van der Waals surface area contributed by atoms with E-state index in [-0.39, 0.29) is 12.1 Å². The lowest BCUT2D eigenvalue weighted by atomic mass is 9.93. The first-order valence-electron chi connectivity index (χ1n) is 9.29. The summed E-state index contributed by atoms with van der Waals surface area (Å²) in [6.45, 7) is 2.99. The summed E-state index contributed by atoms with van der Waals surface area (Å²) in [5.74, 6) is 1.71. The predicted molar refractivity (Wildman–Crippen MR) is 103 cm³/mol. The van der Waals surface area contributed by atoms with E-state index in [0.717, 1.165) is 56.5 Å². The Kier molecular flexibility index (Phi) is 6.17. The van der Waals surface area contributed by atoms with Crippen molar-refractivity contribution in [1.82, 2.24) is 19.9 Å². The average Bonchev–Trinajstić information content (AvgIpc) is 2.65. The van der Waals surface area contributed by atoms with Crippen molar-refractivity contribution in [3.05, 3.63) is 18.6 Å². The fraction of sp³-hybridized carbons (Fsp3) is 0.556. The van der Waals surface area contributed by atoms with Gasteiger partial charge in [0.05, 0.1) is 29.8 Å². The van der Waals surface area contributed by atoms with E-state index in [2.05, 4.69) is 37.5 Å². The van der Waals surface area contributed by atoms with Crippen LogP contribution in [0.1, 0.15) is 45.4 Å². The van der Waals surface area contributed by atoms with Crippen molar-refractivity contribution < 1.29 is 5.11 Å². The molecule has 2 heterocycles. The zero-order valence-electron chi connectivity index (χ0n) is 15.1. The lowest BCUT2D eigenvalue weighted by Gasteiger charge is -2.27. The van der Waals surface area contributed by atoms with Crippen LogP contribution in [0.2, 0.25) is 0 Å². The minimum Gasteiger partial charge on any atom is -0.393 e. The van der Waals surface area contributed by atoms with Crippen LogP contribution in [0.3, 0.4) is 0 Å². The Labute approximate surface area is 153 Å². The van der Waals surface area contributed by atoms with Gasteiger partial charge in [0.25, 0.3) is 0 Å². The van der Waals surface area contributed by atoms with Gasteiger partial charge in [-0.15, -0.1) is 0 Å². The number of anilines is 3. The minimum atomic E-state index is -0.188. The summed E-state index contributed by atoms with van der Waals surface area (Å²) >= 11 is 0. The van der Waals surface area contributed by atoms with Crippen LogP contribution in [-0.4, -0.2) is 43.7 Å². The average molecular weight is 357 g/mol. The smallest absolute Gasteiger partial charge is 0.224 e. The third-order valence-corrected chi connectivity index (χ3v) is 4.59. The van der Waals surface area contributed by atoms with E-state index in [1.54, 1.807) is 12.4 Å². The predicted octanol–water partition coefficient (Wildman–Crippen LogP) is 2.44. The molecule has 0 aromatic carbocycles. The number of aliphatic hydroxyl groups excluding tert-OH is 1. The fourth-order valence-corrected chi connectivity index (χ4v) is 3.03. The van der Waals surface area contributed by atoms with Gasteiger partial charge < -0.3 is 21.5 Å². The highest BCUT2D eigenvalue weighted by Crippen LogP contribution is 2.28. The summed E-state index contributed by atoms with van der Waals surface area (Å²) in [5, 5.41) is 16.5. The molecule has 8 nitrogen and oxygen atoms in total. The van der Waals surface area contributed by atoms with Gasteiger partial charge in [-0.1, -0.05) is 13.3 Å². The molecule has 0 aliphatic heterocycles. The first-order valence-corrected chi connectivity index (χ1v) is 9.29. The SMILES string of the molecule is CCCCNc1ncc(-c2cnc(N)cn2)c(NC2CCC(O)CC2)n1. The molecule has 0 saturated heterocycles. The van der Waals surface area contributed by atoms with Gasteiger partial charge in [-0.25, -0.2) is 9.97 Å². The molecule has 0 unspecified atom stereocenters. The Bertz CT molecular complexity index is 699. The van der Waals surface area contributed by atoms with Crippen LogP contribution in [0.5, 0.6) is 0 Å². The third kappa shape index (κ3) is 4.78. The molecule has 140 valence electrons. The summed E-state index contributed by atoms with van der Waals surface area (Å²) in [6.07, 6.45) is 10.4. The number of aromatic nitrogens is 4. The molecule has 1 aliphatic rings. The number of nitrogens with zero attached hydrogens (tertiary/aromatic N) is 4. The molecule has 5 N–H and O–H groups in total. The number of nitrogens with one attached hydrogen (secondary N) is 2. The molecule has 0 spiro atoms. The Balaban J connectivity index is 1.83. The van der Waals surface area contributed by atoms with Gasteiger partial charge in [-0.2, -0.15) is 4.98 Å². The maximum Gasteiger partial charge on any atom is 0.224 e. The van der Waals surface area contributed by atoms with Crippen molar-refractivity contribution in [2.45, 2.75) is 57.6 Å². The van der Waals surface area contributed by atoms with Crippen molar-refractivity contribution in [3.8, 4) is 11.3 Å². The largest absolute Gasteiger partial charge is 0.393 e. The number of aliphatic hydroxyl groups is 1. The van der Waals surface area contributed by atoms with Gasteiger partial charge in [0.2, 0.25) is 5.95 Å². The molecule has 26 heavy (non-hydrogen) atoms. The fourth-order valence-electron chi connectivity index (χ4n) is 3.03. The second-order valence-electron chi connectivity index (χ2n) is 6.71. The molecule has 2 aromatic rings. The van der Waals surface area contributed by atoms with Crippen molar-refractivity contribution in [2.24, 2.45) is 0 Å². The number of unbranched alkanes of at least 4 members (excludes halogenated alkanes) is 1. The van der Waals surface area contributed by atoms with E-state index < -0.39 is 0 Å². The monoisotopic (exact) mass is 357 g/mol. The quantitative estimate of drug-likeness (QED) is 0.557. The topological polar surface area (TPSA) is 122 Å². The van der Waals surface area contributed by atoms with Crippen molar-refractivity contribution in [2.75, 3.05) is 22.9 Å². The van der Waals surface area contributed by atoms with Gasteiger partial charge in [0.1, 0.15) is 11.6 Å². The Morgan fingerprint density at radius 1 is 1.12 bits per heavy atom. The van der Waals surface area contributed by atoms with Gasteiger partial charge in [-0.3, -0.25) is 4.98 Å². The summed E-state index contributed by atoms with van der Waals surface area (Å²) in [6, 6.07) is 0.275. The summed E-state index contributed by atoms with van der Waals surface area (Å²) in [5.41, 5.74) is 7.12. The zero-order chi connectivity index (χ0) is 18.4. The number of hydrogen-bond donors (Lipinski definition) is 4. The van der Waals surface area contributed by atoms with Gasteiger partial charge >= 0.3 is 0 Å². The lowest BCUT2D eigenvalue weighted by Crippen LogP contribution is -2.29. The molecule has 0 radical (unpaired) electrons. The van der Waals surface area contributed by atoms with E-state index in [0.29, 0.717) is 17.5 Å². The van der Waals surface area contributed by atoms with Crippen molar-refractivity contribution >= 4 is 17.6 Å². The van der Waals surface area contributed by atoms with Crippen LogP contribution in [0.15, 0.2) is 18.6 Å². The summed E-state index contributed by atoms with van der Waals surface area (Å²) in [7, 11) is 0. The van der Waals surface area contributed by atoms with Crippen LogP contribution >= 0.6 is 0 Å². The molecular formula is C18H27N7O. The van der Waals surface area contributed by atoms with Crippen molar-refractivity contribution in [3.63, 3.8) is 0 Å². The maximum absolute atomic E-state index is 9.72. The summed E-state index contributed by atoms with van der Waals surface area (Å²) < 4.78 is 0. The molecule has 0 amide bonds. The second kappa shape index (κ2) is 8.75. The molecular weight excluding hydrogens is 330 g/mol. The standard InChI is InChI=1S/C18H27N7O/c1-2-3-8-20-18-23-9-14(15-10-22-16(19)11-21-15)17(25-18)24-12-4-6-13(26)7-5-12/h9-13,26H,2-8H2,1H3,(H2,19,22)(H2,20,23,24,25). The van der Waals surface area contributed by atoms with Crippen LogP contribution in [-0.2, 0) is 0 Å². The van der Waals surface area contributed by atoms with Crippen LogP contribution in [0.4, 0.5) is 17.6 Å². The van der Waals surface area contributed by atoms with Gasteiger partial charge in [0.15, 0.2) is 0 Å². The maximum atomic E-state index is 9.72. The highest BCUT2D eigenvalue weighted by Gasteiger charge is 2.21. The Morgan fingerprint density at radius 2 is 1.92 bits per heavy atom. The van der Waals surface area contributed by atoms with Crippen LogP contribution < -0.4 is 16.4 Å². The summed E-state index contributed by atoms with van der Waals surface area (Å²) in [4.78, 5) is 17.5. The van der Waals surface area contributed by atoms with E-state index >= 15 is 0 Å². The second-order valence-corrected chi connectivity index (χ2v) is 6.71. The molecule has 0 bridgehead atoms. The van der Waals surface area contributed by atoms with Crippen LogP contribution in [0.25, 0.3) is 11.3 Å².